The van der Waals surface area contributed by atoms with E-state index in [2.05, 4.69) is 61.9 Å². The van der Waals surface area contributed by atoms with Crippen LogP contribution in [0.1, 0.15) is 5.56 Å². The molecule has 2 N–H and O–H groups in total. The van der Waals surface area contributed by atoms with Crippen LogP contribution in [0.3, 0.4) is 0 Å². The Balaban J connectivity index is 1.70. The molecule has 110 valence electrons. The molecule has 21 heavy (non-hydrogen) atoms. The van der Waals surface area contributed by atoms with E-state index in [0.29, 0.717) is 0 Å². The van der Waals surface area contributed by atoms with Gasteiger partial charge in [0.15, 0.2) is 5.82 Å². The molecule has 1 aliphatic heterocycles. The molecule has 0 aliphatic carbocycles. The zero-order valence-corrected chi connectivity index (χ0v) is 13.7. The van der Waals surface area contributed by atoms with E-state index in [1.165, 1.54) is 11.3 Å². The summed E-state index contributed by atoms with van der Waals surface area (Å²) in [5, 5.41) is 0. The Morgan fingerprint density at radius 1 is 1.10 bits per heavy atom. The van der Waals surface area contributed by atoms with Gasteiger partial charge in [0.1, 0.15) is 0 Å². The molecule has 0 bridgehead atoms. The maximum absolute atomic E-state index is 6.07. The van der Waals surface area contributed by atoms with Crippen LogP contribution in [0, 0.1) is 6.92 Å². The average molecular weight is 347 g/mol. The molecule has 0 saturated carbocycles. The third kappa shape index (κ3) is 3.13. The van der Waals surface area contributed by atoms with Gasteiger partial charge in [-0.15, -0.1) is 0 Å². The fourth-order valence-electron chi connectivity index (χ4n) is 2.71. The van der Waals surface area contributed by atoms with Crippen molar-refractivity contribution in [2.45, 2.75) is 6.92 Å². The fourth-order valence-corrected chi connectivity index (χ4v) is 3.06. The zero-order chi connectivity index (χ0) is 14.8. The molecule has 0 amide bonds. The molecule has 1 fully saturated rings. The summed E-state index contributed by atoms with van der Waals surface area (Å²) >= 11 is 3.40. The first-order chi connectivity index (χ1) is 10.1. The summed E-state index contributed by atoms with van der Waals surface area (Å²) in [6.45, 7) is 5.98. The lowest BCUT2D eigenvalue weighted by molar-refractivity contribution is 0.648. The molecule has 5 heteroatoms. The van der Waals surface area contributed by atoms with Crippen LogP contribution in [0.5, 0.6) is 0 Å². The van der Waals surface area contributed by atoms with Gasteiger partial charge in [0.25, 0.3) is 0 Å². The standard InChI is InChI=1S/C16H19BrN4/c1-12-3-2-4-14(9-12)20-5-7-21(8-6-20)16-15(18)10-13(17)11-19-16/h2-4,9-11H,5-8,18H2,1H3. The Morgan fingerprint density at radius 3 is 2.48 bits per heavy atom. The Morgan fingerprint density at radius 2 is 1.81 bits per heavy atom. The lowest BCUT2D eigenvalue weighted by Gasteiger charge is -2.37. The molecule has 4 nitrogen and oxygen atoms in total. The topological polar surface area (TPSA) is 45.4 Å². The SMILES string of the molecule is Cc1cccc(N2CCN(c3ncc(Br)cc3N)CC2)c1. The molecule has 1 aromatic carbocycles. The summed E-state index contributed by atoms with van der Waals surface area (Å²) in [6.07, 6.45) is 1.80. The van der Waals surface area contributed by atoms with Gasteiger partial charge in [-0.25, -0.2) is 4.98 Å². The zero-order valence-electron chi connectivity index (χ0n) is 12.1. The molecule has 0 spiro atoms. The van der Waals surface area contributed by atoms with Crippen molar-refractivity contribution in [1.82, 2.24) is 4.98 Å². The van der Waals surface area contributed by atoms with E-state index in [1.807, 2.05) is 6.07 Å². The maximum atomic E-state index is 6.07. The van der Waals surface area contributed by atoms with Crippen molar-refractivity contribution >= 4 is 33.1 Å². The Bertz CT molecular complexity index is 636. The van der Waals surface area contributed by atoms with Crippen molar-refractivity contribution < 1.29 is 0 Å². The average Bonchev–Trinajstić information content (AvgIpc) is 2.47. The highest BCUT2D eigenvalue weighted by Crippen LogP contribution is 2.26. The Hall–Kier alpha value is -1.75. The van der Waals surface area contributed by atoms with E-state index in [9.17, 15) is 0 Å². The van der Waals surface area contributed by atoms with Crippen molar-refractivity contribution in [3.05, 3.63) is 46.6 Å². The third-order valence-corrected chi connectivity index (χ3v) is 4.24. The van der Waals surface area contributed by atoms with Crippen LogP contribution in [0.25, 0.3) is 0 Å². The van der Waals surface area contributed by atoms with Crippen LogP contribution in [0.4, 0.5) is 17.2 Å². The smallest absolute Gasteiger partial charge is 0.151 e. The monoisotopic (exact) mass is 346 g/mol. The van der Waals surface area contributed by atoms with Crippen LogP contribution >= 0.6 is 15.9 Å². The molecule has 0 atom stereocenters. The number of nitrogens with zero attached hydrogens (tertiary/aromatic N) is 3. The van der Waals surface area contributed by atoms with E-state index in [-0.39, 0.29) is 0 Å². The Kier molecular flexibility index (Phi) is 4.01. The second-order valence-electron chi connectivity index (χ2n) is 5.38. The first-order valence-corrected chi connectivity index (χ1v) is 7.90. The second-order valence-corrected chi connectivity index (χ2v) is 6.30. The number of nitrogens with two attached hydrogens (primary N) is 1. The molecule has 1 aliphatic rings. The Labute approximate surface area is 133 Å². The predicted octanol–water partition coefficient (Wildman–Crippen LogP) is 3.06. The highest BCUT2D eigenvalue weighted by Gasteiger charge is 2.20. The first kappa shape index (κ1) is 14.2. The summed E-state index contributed by atoms with van der Waals surface area (Å²) in [5.74, 6) is 0.891. The highest BCUT2D eigenvalue weighted by molar-refractivity contribution is 9.10. The minimum atomic E-state index is 0.730. The molecular formula is C16H19BrN4. The minimum absolute atomic E-state index is 0.730. The van der Waals surface area contributed by atoms with Gasteiger partial charge in [-0.05, 0) is 46.6 Å². The molecule has 3 rings (SSSR count). The van der Waals surface area contributed by atoms with Crippen molar-refractivity contribution in [1.29, 1.82) is 0 Å². The summed E-state index contributed by atoms with van der Waals surface area (Å²) in [4.78, 5) is 9.12. The number of piperazine rings is 1. The fraction of sp³-hybridized carbons (Fsp3) is 0.312. The van der Waals surface area contributed by atoms with Gasteiger partial charge in [-0.2, -0.15) is 0 Å². The van der Waals surface area contributed by atoms with Crippen LogP contribution in [0.2, 0.25) is 0 Å². The molecule has 1 saturated heterocycles. The van der Waals surface area contributed by atoms with Crippen LogP contribution in [0.15, 0.2) is 41.0 Å². The van der Waals surface area contributed by atoms with Gasteiger partial charge in [-0.3, -0.25) is 0 Å². The largest absolute Gasteiger partial charge is 0.396 e. The summed E-state index contributed by atoms with van der Waals surface area (Å²) in [7, 11) is 0. The number of anilines is 3. The molecule has 2 heterocycles. The van der Waals surface area contributed by atoms with Crippen LogP contribution in [-0.4, -0.2) is 31.2 Å². The van der Waals surface area contributed by atoms with Crippen LogP contribution < -0.4 is 15.5 Å². The van der Waals surface area contributed by atoms with E-state index in [1.54, 1.807) is 6.20 Å². The highest BCUT2D eigenvalue weighted by atomic mass is 79.9. The van der Waals surface area contributed by atoms with E-state index < -0.39 is 0 Å². The lowest BCUT2D eigenvalue weighted by Crippen LogP contribution is -2.47. The van der Waals surface area contributed by atoms with Gasteiger partial charge in [-0.1, -0.05) is 12.1 Å². The molecule has 2 aromatic rings. The number of nitrogen functional groups attached to an aromatic ring is 1. The van der Waals surface area contributed by atoms with Gasteiger partial charge < -0.3 is 15.5 Å². The van der Waals surface area contributed by atoms with Gasteiger partial charge in [0.05, 0.1) is 5.69 Å². The minimum Gasteiger partial charge on any atom is -0.396 e. The number of hydrogen-bond acceptors (Lipinski definition) is 4. The van der Waals surface area contributed by atoms with Gasteiger partial charge in [0.2, 0.25) is 0 Å². The van der Waals surface area contributed by atoms with Gasteiger partial charge in [0, 0.05) is 42.5 Å². The molecule has 0 radical (unpaired) electrons. The molecule has 0 unspecified atom stereocenters. The lowest BCUT2D eigenvalue weighted by atomic mass is 10.2. The number of hydrogen-bond donors (Lipinski definition) is 1. The van der Waals surface area contributed by atoms with Crippen LogP contribution in [-0.2, 0) is 0 Å². The van der Waals surface area contributed by atoms with Crippen molar-refractivity contribution in [2.24, 2.45) is 0 Å². The second kappa shape index (κ2) is 5.93. The summed E-state index contributed by atoms with van der Waals surface area (Å²) in [5.41, 5.74) is 9.40. The number of aromatic nitrogens is 1. The number of aryl methyl sites for hydroxylation is 1. The number of pyridine rings is 1. The summed E-state index contributed by atoms with van der Waals surface area (Å²) < 4.78 is 0.919. The number of benzene rings is 1. The summed E-state index contributed by atoms with van der Waals surface area (Å²) in [6, 6.07) is 10.6. The van der Waals surface area contributed by atoms with Crippen molar-refractivity contribution in [3.63, 3.8) is 0 Å². The first-order valence-electron chi connectivity index (χ1n) is 7.11. The van der Waals surface area contributed by atoms with Gasteiger partial charge >= 0.3 is 0 Å². The van der Waals surface area contributed by atoms with E-state index in [0.717, 1.165) is 42.2 Å². The quantitative estimate of drug-likeness (QED) is 0.907. The van der Waals surface area contributed by atoms with E-state index in [4.69, 9.17) is 5.73 Å². The van der Waals surface area contributed by atoms with Crippen molar-refractivity contribution in [2.75, 3.05) is 41.7 Å². The normalized spacial score (nSPS) is 15.3. The molecule has 1 aromatic heterocycles. The van der Waals surface area contributed by atoms with Crippen molar-refractivity contribution in [3.8, 4) is 0 Å². The number of halogens is 1. The van der Waals surface area contributed by atoms with E-state index >= 15 is 0 Å². The third-order valence-electron chi connectivity index (χ3n) is 3.81. The predicted molar refractivity (Wildman–Crippen MR) is 92.0 cm³/mol. The number of rotatable bonds is 2. The molecular weight excluding hydrogens is 328 g/mol. The maximum Gasteiger partial charge on any atom is 0.151 e.